The van der Waals surface area contributed by atoms with Crippen molar-refractivity contribution in [3.05, 3.63) is 29.1 Å². The number of esters is 1. The Balaban J connectivity index is 2.37. The third kappa shape index (κ3) is 3.95. The number of hydrogen-bond donors (Lipinski definition) is 1. The normalized spacial score (nSPS) is 19.5. The number of hydrogen-bond acceptors (Lipinski definition) is 5. The molecule has 0 aliphatic carbocycles. The summed E-state index contributed by atoms with van der Waals surface area (Å²) >= 11 is 0. The number of nitrogens with zero attached hydrogens (tertiary/aromatic N) is 1. The van der Waals surface area contributed by atoms with E-state index in [9.17, 15) is 18.0 Å². The van der Waals surface area contributed by atoms with Crippen molar-refractivity contribution in [1.82, 2.24) is 10.3 Å². The zero-order valence-corrected chi connectivity index (χ0v) is 12.1. The van der Waals surface area contributed by atoms with Gasteiger partial charge < -0.3 is 14.8 Å². The van der Waals surface area contributed by atoms with Gasteiger partial charge in [0.2, 0.25) is 0 Å². The number of ether oxygens (including phenoxy) is 2. The summed E-state index contributed by atoms with van der Waals surface area (Å²) in [6.45, 7) is 3.21. The molecule has 1 aliphatic heterocycles. The number of nitrogens with one attached hydrogen (secondary N) is 1. The van der Waals surface area contributed by atoms with Crippen LogP contribution in [-0.2, 0) is 15.7 Å². The summed E-state index contributed by atoms with van der Waals surface area (Å²) in [5.74, 6) is -1.01. The number of halogens is 3. The van der Waals surface area contributed by atoms with Crippen LogP contribution in [0.2, 0.25) is 0 Å². The molecule has 0 bridgehead atoms. The van der Waals surface area contributed by atoms with E-state index >= 15 is 0 Å². The van der Waals surface area contributed by atoms with Gasteiger partial charge in [-0.25, -0.2) is 4.79 Å². The number of carbonyl (C=O) groups is 1. The van der Waals surface area contributed by atoms with Crippen LogP contribution in [-0.4, -0.2) is 37.3 Å². The minimum absolute atomic E-state index is 0.00469. The van der Waals surface area contributed by atoms with E-state index in [1.54, 1.807) is 0 Å². The molecule has 2 heterocycles. The van der Waals surface area contributed by atoms with E-state index in [1.165, 1.54) is 6.92 Å². The highest BCUT2D eigenvalue weighted by Gasteiger charge is 2.37. The highest BCUT2D eigenvalue weighted by atomic mass is 19.4. The van der Waals surface area contributed by atoms with Gasteiger partial charge in [-0.15, -0.1) is 0 Å². The molecule has 122 valence electrons. The summed E-state index contributed by atoms with van der Waals surface area (Å²) < 4.78 is 49.2. The van der Waals surface area contributed by atoms with Gasteiger partial charge in [0.05, 0.1) is 23.4 Å². The van der Waals surface area contributed by atoms with Gasteiger partial charge in [0.1, 0.15) is 6.10 Å². The number of rotatable bonds is 3. The molecule has 22 heavy (non-hydrogen) atoms. The molecule has 0 saturated carbocycles. The van der Waals surface area contributed by atoms with Crippen LogP contribution >= 0.6 is 0 Å². The third-order valence-electron chi connectivity index (χ3n) is 3.20. The average molecular weight is 318 g/mol. The van der Waals surface area contributed by atoms with Crippen LogP contribution in [0.15, 0.2) is 12.3 Å². The summed E-state index contributed by atoms with van der Waals surface area (Å²) in [6.07, 6.45) is -3.69. The van der Waals surface area contributed by atoms with Crippen molar-refractivity contribution in [2.24, 2.45) is 0 Å². The van der Waals surface area contributed by atoms with Crippen LogP contribution in [0.1, 0.15) is 41.1 Å². The maximum absolute atomic E-state index is 13.0. The molecular weight excluding hydrogens is 301 g/mol. The Kier molecular flexibility index (Phi) is 5.36. The Bertz CT molecular complexity index is 527. The largest absolute Gasteiger partial charge is 0.462 e. The Morgan fingerprint density at radius 2 is 2.32 bits per heavy atom. The Hall–Kier alpha value is -1.67. The van der Waals surface area contributed by atoms with E-state index in [-0.39, 0.29) is 12.3 Å². The fourth-order valence-electron chi connectivity index (χ4n) is 2.16. The molecule has 5 nitrogen and oxygen atoms in total. The molecule has 0 amide bonds. The second kappa shape index (κ2) is 7.06. The lowest BCUT2D eigenvalue weighted by molar-refractivity contribution is -0.138. The van der Waals surface area contributed by atoms with Crippen LogP contribution in [0.25, 0.3) is 0 Å². The van der Waals surface area contributed by atoms with Gasteiger partial charge in [-0.1, -0.05) is 0 Å². The molecule has 1 N–H and O–H groups in total. The van der Waals surface area contributed by atoms with E-state index < -0.39 is 29.4 Å². The van der Waals surface area contributed by atoms with Gasteiger partial charge in [0, 0.05) is 19.3 Å². The van der Waals surface area contributed by atoms with Gasteiger partial charge in [0.25, 0.3) is 0 Å². The van der Waals surface area contributed by atoms with Crippen molar-refractivity contribution in [3.63, 3.8) is 0 Å². The molecule has 8 heteroatoms. The number of carbonyl (C=O) groups excluding carboxylic acids is 1. The fourth-order valence-corrected chi connectivity index (χ4v) is 2.16. The second-order valence-corrected chi connectivity index (χ2v) is 4.79. The molecule has 1 aromatic rings. The van der Waals surface area contributed by atoms with Gasteiger partial charge in [0.15, 0.2) is 0 Å². The summed E-state index contributed by atoms with van der Waals surface area (Å²) in [6, 6.07) is 1.11. The fraction of sp³-hybridized carbons (Fsp3) is 0.571. The minimum Gasteiger partial charge on any atom is -0.462 e. The highest BCUT2D eigenvalue weighted by molar-refractivity contribution is 5.91. The molecule has 1 saturated heterocycles. The lowest BCUT2D eigenvalue weighted by Crippen LogP contribution is -2.22. The predicted molar refractivity (Wildman–Crippen MR) is 71.4 cm³/mol. The van der Waals surface area contributed by atoms with Gasteiger partial charge in [-0.3, -0.25) is 4.98 Å². The molecule has 1 aliphatic rings. The summed E-state index contributed by atoms with van der Waals surface area (Å²) in [5.41, 5.74) is -1.35. The summed E-state index contributed by atoms with van der Waals surface area (Å²) in [7, 11) is 0. The Morgan fingerprint density at radius 3 is 3.00 bits per heavy atom. The van der Waals surface area contributed by atoms with E-state index in [0.717, 1.165) is 19.0 Å². The quantitative estimate of drug-likeness (QED) is 0.867. The summed E-state index contributed by atoms with van der Waals surface area (Å²) in [4.78, 5) is 15.6. The molecule has 1 atom stereocenters. The van der Waals surface area contributed by atoms with Crippen LogP contribution in [0.5, 0.6) is 0 Å². The van der Waals surface area contributed by atoms with Crippen molar-refractivity contribution in [3.8, 4) is 0 Å². The van der Waals surface area contributed by atoms with Gasteiger partial charge >= 0.3 is 12.1 Å². The Labute approximate surface area is 125 Å². The maximum Gasteiger partial charge on any atom is 0.418 e. The smallest absolute Gasteiger partial charge is 0.418 e. The second-order valence-electron chi connectivity index (χ2n) is 4.79. The van der Waals surface area contributed by atoms with Crippen molar-refractivity contribution >= 4 is 5.97 Å². The lowest BCUT2D eigenvalue weighted by Gasteiger charge is -2.17. The first-order chi connectivity index (χ1) is 10.4. The average Bonchev–Trinajstić information content (AvgIpc) is 2.75. The zero-order chi connectivity index (χ0) is 16.2. The number of alkyl halides is 3. The molecule has 1 unspecified atom stereocenters. The van der Waals surface area contributed by atoms with Crippen LogP contribution in [0.3, 0.4) is 0 Å². The van der Waals surface area contributed by atoms with Crippen molar-refractivity contribution < 1.29 is 27.4 Å². The number of pyridine rings is 1. The van der Waals surface area contributed by atoms with Crippen LogP contribution in [0.4, 0.5) is 13.2 Å². The lowest BCUT2D eigenvalue weighted by atomic mass is 10.1. The maximum atomic E-state index is 13.0. The Morgan fingerprint density at radius 1 is 1.55 bits per heavy atom. The highest BCUT2D eigenvalue weighted by Crippen LogP contribution is 2.33. The molecule has 0 spiro atoms. The topological polar surface area (TPSA) is 60.5 Å². The molecule has 1 aromatic heterocycles. The van der Waals surface area contributed by atoms with Crippen molar-refractivity contribution in [2.45, 2.75) is 25.6 Å². The first-order valence-corrected chi connectivity index (χ1v) is 7.00. The molecule has 2 rings (SSSR count). The van der Waals surface area contributed by atoms with E-state index in [1.807, 2.05) is 0 Å². The SMILES string of the molecule is CCOC(=O)c1cc(C2CNCCCO2)ncc1C(F)(F)F. The third-order valence-corrected chi connectivity index (χ3v) is 3.20. The van der Waals surface area contributed by atoms with Crippen LogP contribution < -0.4 is 5.32 Å². The summed E-state index contributed by atoms with van der Waals surface area (Å²) in [5, 5.41) is 3.11. The first-order valence-electron chi connectivity index (χ1n) is 7.00. The monoisotopic (exact) mass is 318 g/mol. The van der Waals surface area contributed by atoms with Gasteiger partial charge in [-0.2, -0.15) is 13.2 Å². The van der Waals surface area contributed by atoms with E-state index in [2.05, 4.69) is 10.3 Å². The van der Waals surface area contributed by atoms with E-state index in [0.29, 0.717) is 19.3 Å². The molecule has 0 radical (unpaired) electrons. The van der Waals surface area contributed by atoms with Gasteiger partial charge in [-0.05, 0) is 26.0 Å². The van der Waals surface area contributed by atoms with E-state index in [4.69, 9.17) is 9.47 Å². The van der Waals surface area contributed by atoms with Crippen molar-refractivity contribution in [2.75, 3.05) is 26.3 Å². The number of aromatic nitrogens is 1. The minimum atomic E-state index is -4.67. The molecular formula is C14H17F3N2O3. The first kappa shape index (κ1) is 16.7. The molecule has 0 aromatic carbocycles. The molecule has 1 fully saturated rings. The zero-order valence-electron chi connectivity index (χ0n) is 12.1. The van der Waals surface area contributed by atoms with Crippen molar-refractivity contribution in [1.29, 1.82) is 0 Å². The van der Waals surface area contributed by atoms with Crippen LogP contribution in [0, 0.1) is 0 Å². The predicted octanol–water partition coefficient (Wildman–Crippen LogP) is 2.33. The standard InChI is InChI=1S/C14H17F3N2O3/c1-2-21-13(20)9-6-11(12-8-18-4-3-5-22-12)19-7-10(9)14(15,16)17/h6-7,12,18H,2-5,8H2,1H3.